The van der Waals surface area contributed by atoms with Gasteiger partial charge in [-0.3, -0.25) is 0 Å². The lowest BCUT2D eigenvalue weighted by Crippen LogP contribution is -2.22. The van der Waals surface area contributed by atoms with E-state index in [0.717, 1.165) is 31.0 Å². The third-order valence-corrected chi connectivity index (χ3v) is 6.05. The summed E-state index contributed by atoms with van der Waals surface area (Å²) in [6.07, 6.45) is 2.89. The molecule has 0 bridgehead atoms. The summed E-state index contributed by atoms with van der Waals surface area (Å²) in [6.45, 7) is 8.95. The van der Waals surface area contributed by atoms with Gasteiger partial charge in [0.25, 0.3) is 0 Å². The van der Waals surface area contributed by atoms with Crippen molar-refractivity contribution in [2.45, 2.75) is 45.3 Å². The first-order valence-corrected chi connectivity index (χ1v) is 10.9. The smallest absolute Gasteiger partial charge is 0.316 e. The number of likely N-dealkylation sites (N-methyl/N-ethyl adjacent to an activating group) is 1. The molecule has 1 atom stereocenters. The molecule has 0 spiro atoms. The van der Waals surface area contributed by atoms with Gasteiger partial charge >= 0.3 is 6.01 Å². The van der Waals surface area contributed by atoms with Crippen molar-refractivity contribution in [3.05, 3.63) is 83.2 Å². The maximum absolute atomic E-state index is 5.97. The Hall–Kier alpha value is -2.92. The second-order valence-electron chi connectivity index (χ2n) is 8.93. The predicted octanol–water partition coefficient (Wildman–Crippen LogP) is 4.77. The van der Waals surface area contributed by atoms with Crippen LogP contribution in [0.5, 0.6) is 11.8 Å². The molecule has 1 aromatic heterocycles. The summed E-state index contributed by atoms with van der Waals surface area (Å²) in [4.78, 5) is 11.0. The molecule has 2 aromatic carbocycles. The van der Waals surface area contributed by atoms with Crippen molar-refractivity contribution in [1.82, 2.24) is 14.9 Å². The van der Waals surface area contributed by atoms with E-state index in [0.29, 0.717) is 12.6 Å². The van der Waals surface area contributed by atoms with Crippen LogP contribution in [0.15, 0.2) is 60.8 Å². The van der Waals surface area contributed by atoms with Crippen molar-refractivity contribution in [3.63, 3.8) is 0 Å². The molecule has 0 radical (unpaired) electrons. The summed E-state index contributed by atoms with van der Waals surface area (Å²) in [6, 6.07) is 19.4. The van der Waals surface area contributed by atoms with E-state index in [9.17, 15) is 0 Å². The summed E-state index contributed by atoms with van der Waals surface area (Å²) in [5, 5.41) is 0. The third kappa shape index (κ3) is 5.23. The van der Waals surface area contributed by atoms with Crippen LogP contribution in [-0.4, -0.2) is 41.1 Å². The van der Waals surface area contributed by atoms with E-state index >= 15 is 0 Å². The van der Waals surface area contributed by atoms with Gasteiger partial charge in [0.05, 0.1) is 5.69 Å². The highest BCUT2D eigenvalue weighted by molar-refractivity contribution is 5.40. The zero-order valence-corrected chi connectivity index (χ0v) is 18.8. The van der Waals surface area contributed by atoms with Gasteiger partial charge < -0.3 is 14.4 Å². The predicted molar refractivity (Wildman–Crippen MR) is 123 cm³/mol. The second-order valence-corrected chi connectivity index (χ2v) is 8.93. The van der Waals surface area contributed by atoms with Crippen molar-refractivity contribution in [1.29, 1.82) is 0 Å². The van der Waals surface area contributed by atoms with Gasteiger partial charge in [-0.25, -0.2) is 4.98 Å². The van der Waals surface area contributed by atoms with E-state index < -0.39 is 0 Å². The van der Waals surface area contributed by atoms with Crippen LogP contribution in [0.4, 0.5) is 0 Å². The zero-order valence-electron chi connectivity index (χ0n) is 18.8. The van der Waals surface area contributed by atoms with Crippen LogP contribution in [0.1, 0.15) is 42.7 Å². The quantitative estimate of drug-likeness (QED) is 0.554. The molecule has 0 N–H and O–H groups in total. The average Bonchev–Trinajstić information content (AvgIpc) is 3.17. The Morgan fingerprint density at radius 3 is 2.32 bits per heavy atom. The topological polar surface area (TPSA) is 47.5 Å². The maximum Gasteiger partial charge on any atom is 0.316 e. The average molecular weight is 418 g/mol. The molecule has 1 fully saturated rings. The summed E-state index contributed by atoms with van der Waals surface area (Å²) < 4.78 is 11.9. The molecule has 1 aliphatic rings. The van der Waals surface area contributed by atoms with Gasteiger partial charge in [-0.1, -0.05) is 55.8 Å². The summed E-state index contributed by atoms with van der Waals surface area (Å²) in [5.41, 5.74) is 4.56. The number of rotatable bonds is 7. The molecule has 1 unspecified atom stereocenters. The molecule has 1 saturated heterocycles. The zero-order chi connectivity index (χ0) is 21.8. The number of hydrogen-bond acceptors (Lipinski definition) is 5. The van der Waals surface area contributed by atoms with Crippen molar-refractivity contribution in [2.24, 2.45) is 0 Å². The number of benzene rings is 2. The monoisotopic (exact) mass is 417 g/mol. The molecule has 3 aromatic rings. The normalized spacial score (nSPS) is 17.0. The molecule has 162 valence electrons. The van der Waals surface area contributed by atoms with Gasteiger partial charge in [0, 0.05) is 24.7 Å². The SMILES string of the molecule is Cc1ccc(C(C)(C)c2ccc(OCc3ccnc(OC4CCN(C)C4)n3)cc2)cc1. The first-order valence-electron chi connectivity index (χ1n) is 10.9. The fourth-order valence-electron chi connectivity index (χ4n) is 3.92. The summed E-state index contributed by atoms with van der Waals surface area (Å²) in [7, 11) is 2.10. The largest absolute Gasteiger partial charge is 0.487 e. The Morgan fingerprint density at radius 2 is 1.68 bits per heavy atom. The van der Waals surface area contributed by atoms with Crippen LogP contribution in [0.2, 0.25) is 0 Å². The lowest BCUT2D eigenvalue weighted by atomic mass is 9.78. The van der Waals surface area contributed by atoms with E-state index in [2.05, 4.69) is 79.1 Å². The molecule has 1 aliphatic heterocycles. The molecule has 0 aliphatic carbocycles. The highest BCUT2D eigenvalue weighted by atomic mass is 16.5. The number of hydrogen-bond donors (Lipinski definition) is 0. The van der Waals surface area contributed by atoms with Crippen molar-refractivity contribution in [3.8, 4) is 11.8 Å². The number of aryl methyl sites for hydroxylation is 1. The van der Waals surface area contributed by atoms with E-state index in [1.54, 1.807) is 6.20 Å². The second kappa shape index (κ2) is 9.06. The van der Waals surface area contributed by atoms with Gasteiger partial charge in [0.15, 0.2) is 0 Å². The molecule has 31 heavy (non-hydrogen) atoms. The molecule has 5 nitrogen and oxygen atoms in total. The van der Waals surface area contributed by atoms with Crippen molar-refractivity contribution >= 4 is 0 Å². The van der Waals surface area contributed by atoms with Crippen LogP contribution in [0.3, 0.4) is 0 Å². The first kappa shape index (κ1) is 21.3. The molecule has 2 heterocycles. The standard InChI is InChI=1S/C26H31N3O2/c1-19-5-7-20(8-6-19)26(2,3)21-9-11-23(12-10-21)30-18-22-13-15-27-25(28-22)31-24-14-16-29(4)17-24/h5-13,15,24H,14,16-18H2,1-4H3. The maximum atomic E-state index is 5.97. The summed E-state index contributed by atoms with van der Waals surface area (Å²) in [5.74, 6) is 0.821. The van der Waals surface area contributed by atoms with Crippen LogP contribution in [0, 0.1) is 6.92 Å². The number of ether oxygens (including phenoxy) is 2. The highest BCUT2D eigenvalue weighted by Gasteiger charge is 2.23. The summed E-state index contributed by atoms with van der Waals surface area (Å²) >= 11 is 0. The first-order chi connectivity index (χ1) is 14.9. The molecule has 0 saturated carbocycles. The molecule has 5 heteroatoms. The Labute approximate surface area is 185 Å². The van der Waals surface area contributed by atoms with Crippen molar-refractivity contribution in [2.75, 3.05) is 20.1 Å². The minimum absolute atomic E-state index is 0.0700. The van der Waals surface area contributed by atoms with Gasteiger partial charge in [0.2, 0.25) is 0 Å². The van der Waals surface area contributed by atoms with Gasteiger partial charge in [-0.05, 0) is 49.7 Å². The lowest BCUT2D eigenvalue weighted by molar-refractivity contribution is 0.189. The van der Waals surface area contributed by atoms with Gasteiger partial charge in [-0.2, -0.15) is 4.98 Å². The molecule has 0 amide bonds. The third-order valence-electron chi connectivity index (χ3n) is 6.05. The molecular formula is C26H31N3O2. The van der Waals surface area contributed by atoms with Crippen LogP contribution < -0.4 is 9.47 Å². The minimum atomic E-state index is -0.0700. The molecule has 4 rings (SSSR count). The highest BCUT2D eigenvalue weighted by Crippen LogP contribution is 2.32. The van der Waals surface area contributed by atoms with Crippen LogP contribution in [-0.2, 0) is 12.0 Å². The van der Waals surface area contributed by atoms with Crippen molar-refractivity contribution < 1.29 is 9.47 Å². The fourth-order valence-corrected chi connectivity index (χ4v) is 3.92. The Bertz CT molecular complexity index is 1000. The van der Waals surface area contributed by atoms with E-state index in [-0.39, 0.29) is 11.5 Å². The van der Waals surface area contributed by atoms with E-state index in [1.807, 2.05) is 18.2 Å². The fraction of sp³-hybridized carbons (Fsp3) is 0.385. The van der Waals surface area contributed by atoms with E-state index in [1.165, 1.54) is 16.7 Å². The van der Waals surface area contributed by atoms with Crippen LogP contribution in [0.25, 0.3) is 0 Å². The number of likely N-dealkylation sites (tertiary alicyclic amines) is 1. The van der Waals surface area contributed by atoms with Gasteiger partial charge in [0.1, 0.15) is 18.5 Å². The Balaban J connectivity index is 1.37. The Morgan fingerprint density at radius 1 is 1.00 bits per heavy atom. The van der Waals surface area contributed by atoms with Gasteiger partial charge in [-0.15, -0.1) is 0 Å². The lowest BCUT2D eigenvalue weighted by Gasteiger charge is -2.26. The Kier molecular flexibility index (Phi) is 6.23. The van der Waals surface area contributed by atoms with Crippen LogP contribution >= 0.6 is 0 Å². The number of aromatic nitrogens is 2. The minimum Gasteiger partial charge on any atom is -0.487 e. The van der Waals surface area contributed by atoms with E-state index in [4.69, 9.17) is 9.47 Å². The molecular weight excluding hydrogens is 386 g/mol. The number of nitrogens with zero attached hydrogens (tertiary/aromatic N) is 3.